The summed E-state index contributed by atoms with van der Waals surface area (Å²) in [6.07, 6.45) is 9.26. The Hall–Kier alpha value is -0.570. The molecule has 3 unspecified atom stereocenters. The molecule has 0 aliphatic heterocycles. The number of ether oxygens (including phenoxy) is 1. The maximum absolute atomic E-state index is 12.2. The van der Waals surface area contributed by atoms with Gasteiger partial charge in [0.15, 0.2) is 5.60 Å². The van der Waals surface area contributed by atoms with Crippen molar-refractivity contribution in [1.29, 1.82) is 0 Å². The van der Waals surface area contributed by atoms with Crippen molar-refractivity contribution in [2.75, 3.05) is 6.61 Å². The van der Waals surface area contributed by atoms with Crippen molar-refractivity contribution in [3.05, 3.63) is 0 Å². The fraction of sp³-hybridized carbons (Fsp3) is 0.941. The lowest BCUT2D eigenvalue weighted by atomic mass is 9.78. The molecule has 1 fully saturated rings. The first-order chi connectivity index (χ1) is 9.58. The monoisotopic (exact) mass is 284 g/mol. The van der Waals surface area contributed by atoms with E-state index in [1.165, 1.54) is 19.3 Å². The Morgan fingerprint density at radius 2 is 1.90 bits per heavy atom. The van der Waals surface area contributed by atoms with Crippen LogP contribution in [-0.4, -0.2) is 23.3 Å². The molecule has 1 rings (SSSR count). The van der Waals surface area contributed by atoms with E-state index in [1.807, 2.05) is 6.92 Å². The molecule has 1 saturated carbocycles. The highest BCUT2D eigenvalue weighted by molar-refractivity contribution is 5.79. The molecule has 20 heavy (non-hydrogen) atoms. The summed E-state index contributed by atoms with van der Waals surface area (Å²) in [6, 6.07) is 0. The molecule has 1 aliphatic carbocycles. The third-order valence-corrected chi connectivity index (χ3v) is 4.72. The standard InChI is InChI=1S/C17H32O3/c1-4-8-14-9-7-10-15(12-11-14)17(19,13-5-2)16(18)20-6-3/h14-15,19H,4-13H2,1-3H3. The van der Waals surface area contributed by atoms with E-state index >= 15 is 0 Å². The zero-order valence-electron chi connectivity index (χ0n) is 13.5. The van der Waals surface area contributed by atoms with Crippen molar-refractivity contribution in [1.82, 2.24) is 0 Å². The molecule has 0 amide bonds. The first-order valence-electron chi connectivity index (χ1n) is 8.48. The quantitative estimate of drug-likeness (QED) is 0.566. The van der Waals surface area contributed by atoms with Gasteiger partial charge in [0.2, 0.25) is 0 Å². The molecular formula is C17H32O3. The molecule has 0 bridgehead atoms. The van der Waals surface area contributed by atoms with Crippen LogP contribution in [0.4, 0.5) is 0 Å². The van der Waals surface area contributed by atoms with Crippen LogP contribution in [-0.2, 0) is 9.53 Å². The molecule has 1 aliphatic rings. The molecule has 0 spiro atoms. The van der Waals surface area contributed by atoms with Crippen LogP contribution < -0.4 is 0 Å². The summed E-state index contributed by atoms with van der Waals surface area (Å²) in [4.78, 5) is 12.2. The minimum atomic E-state index is -1.26. The largest absolute Gasteiger partial charge is 0.464 e. The molecule has 0 aromatic carbocycles. The Balaban J connectivity index is 2.73. The van der Waals surface area contributed by atoms with Crippen LogP contribution in [0, 0.1) is 11.8 Å². The highest BCUT2D eigenvalue weighted by atomic mass is 16.5. The van der Waals surface area contributed by atoms with Gasteiger partial charge < -0.3 is 9.84 Å². The van der Waals surface area contributed by atoms with Gasteiger partial charge in [0.1, 0.15) is 0 Å². The van der Waals surface area contributed by atoms with E-state index in [1.54, 1.807) is 6.92 Å². The number of carbonyl (C=O) groups is 1. The summed E-state index contributed by atoms with van der Waals surface area (Å²) in [7, 11) is 0. The molecule has 0 heterocycles. The van der Waals surface area contributed by atoms with Crippen LogP contribution in [0.15, 0.2) is 0 Å². The summed E-state index contributed by atoms with van der Waals surface area (Å²) in [5.74, 6) is 0.446. The highest BCUT2D eigenvalue weighted by Gasteiger charge is 2.44. The normalized spacial score (nSPS) is 26.6. The third kappa shape index (κ3) is 4.47. The van der Waals surface area contributed by atoms with Gasteiger partial charge in [-0.2, -0.15) is 0 Å². The Bertz CT molecular complexity index is 290. The fourth-order valence-corrected chi connectivity index (χ4v) is 3.66. The predicted molar refractivity (Wildman–Crippen MR) is 81.5 cm³/mol. The molecular weight excluding hydrogens is 252 g/mol. The zero-order valence-corrected chi connectivity index (χ0v) is 13.5. The maximum atomic E-state index is 12.2. The topological polar surface area (TPSA) is 46.5 Å². The molecule has 3 atom stereocenters. The van der Waals surface area contributed by atoms with Crippen LogP contribution in [0.5, 0.6) is 0 Å². The summed E-state index contributed by atoms with van der Waals surface area (Å²) in [5, 5.41) is 10.9. The smallest absolute Gasteiger partial charge is 0.338 e. The van der Waals surface area contributed by atoms with E-state index in [4.69, 9.17) is 4.74 Å². The van der Waals surface area contributed by atoms with E-state index in [0.29, 0.717) is 13.0 Å². The summed E-state index contributed by atoms with van der Waals surface area (Å²) >= 11 is 0. The van der Waals surface area contributed by atoms with Gasteiger partial charge in [-0.05, 0) is 38.0 Å². The second-order valence-electron chi connectivity index (χ2n) is 6.25. The molecule has 0 aromatic rings. The summed E-state index contributed by atoms with van der Waals surface area (Å²) in [5.41, 5.74) is -1.26. The second kappa shape index (κ2) is 8.66. The van der Waals surface area contributed by atoms with Gasteiger partial charge in [0, 0.05) is 0 Å². The van der Waals surface area contributed by atoms with Gasteiger partial charge >= 0.3 is 5.97 Å². The average molecular weight is 284 g/mol. The minimum absolute atomic E-state index is 0.0726. The molecule has 3 nitrogen and oxygen atoms in total. The van der Waals surface area contributed by atoms with Crippen molar-refractivity contribution >= 4 is 5.97 Å². The van der Waals surface area contributed by atoms with Gasteiger partial charge in [-0.25, -0.2) is 4.79 Å². The SMILES string of the molecule is CCCC1CCCC(C(O)(CCC)C(=O)OCC)CC1. The molecule has 1 N–H and O–H groups in total. The lowest BCUT2D eigenvalue weighted by Gasteiger charge is -2.33. The lowest BCUT2D eigenvalue weighted by molar-refractivity contribution is -0.173. The Morgan fingerprint density at radius 1 is 1.15 bits per heavy atom. The van der Waals surface area contributed by atoms with Crippen LogP contribution >= 0.6 is 0 Å². The van der Waals surface area contributed by atoms with Crippen molar-refractivity contribution in [3.63, 3.8) is 0 Å². The van der Waals surface area contributed by atoms with Crippen molar-refractivity contribution in [2.24, 2.45) is 11.8 Å². The maximum Gasteiger partial charge on any atom is 0.338 e. The van der Waals surface area contributed by atoms with Crippen LogP contribution in [0.1, 0.15) is 78.6 Å². The third-order valence-electron chi connectivity index (χ3n) is 4.72. The van der Waals surface area contributed by atoms with Crippen molar-refractivity contribution in [2.45, 2.75) is 84.2 Å². The van der Waals surface area contributed by atoms with Crippen LogP contribution in [0.2, 0.25) is 0 Å². The van der Waals surface area contributed by atoms with Crippen LogP contribution in [0.3, 0.4) is 0 Å². The fourth-order valence-electron chi connectivity index (χ4n) is 3.66. The van der Waals surface area contributed by atoms with Gasteiger partial charge in [-0.15, -0.1) is 0 Å². The number of hydrogen-bond acceptors (Lipinski definition) is 3. The predicted octanol–water partition coefficient (Wildman–Crippen LogP) is 4.08. The van der Waals surface area contributed by atoms with Crippen molar-refractivity contribution < 1.29 is 14.6 Å². The number of aliphatic hydroxyl groups is 1. The Morgan fingerprint density at radius 3 is 2.50 bits per heavy atom. The van der Waals surface area contributed by atoms with E-state index in [-0.39, 0.29) is 5.92 Å². The van der Waals surface area contributed by atoms with E-state index in [0.717, 1.165) is 38.0 Å². The van der Waals surface area contributed by atoms with Crippen LogP contribution in [0.25, 0.3) is 0 Å². The van der Waals surface area contributed by atoms with Gasteiger partial charge in [0.25, 0.3) is 0 Å². The second-order valence-corrected chi connectivity index (χ2v) is 6.25. The number of carbonyl (C=O) groups excluding carboxylic acids is 1. The van der Waals surface area contributed by atoms with E-state index < -0.39 is 11.6 Å². The van der Waals surface area contributed by atoms with Gasteiger partial charge in [-0.1, -0.05) is 52.4 Å². The Labute approximate surface area is 124 Å². The Kier molecular flexibility index (Phi) is 7.57. The van der Waals surface area contributed by atoms with Gasteiger partial charge in [0.05, 0.1) is 6.61 Å². The van der Waals surface area contributed by atoms with E-state index in [2.05, 4.69) is 6.92 Å². The summed E-state index contributed by atoms with van der Waals surface area (Å²) < 4.78 is 5.14. The lowest BCUT2D eigenvalue weighted by Crippen LogP contribution is -2.47. The number of rotatable bonds is 7. The minimum Gasteiger partial charge on any atom is -0.464 e. The average Bonchev–Trinajstić information content (AvgIpc) is 2.65. The molecule has 0 saturated heterocycles. The highest BCUT2D eigenvalue weighted by Crippen LogP contribution is 2.38. The molecule has 3 heteroatoms. The first kappa shape index (κ1) is 17.5. The summed E-state index contributed by atoms with van der Waals surface area (Å²) in [6.45, 7) is 6.39. The number of esters is 1. The first-order valence-corrected chi connectivity index (χ1v) is 8.48. The van der Waals surface area contributed by atoms with E-state index in [9.17, 15) is 9.90 Å². The zero-order chi connectivity index (χ0) is 15.0. The number of hydrogen-bond donors (Lipinski definition) is 1. The molecule has 118 valence electrons. The van der Waals surface area contributed by atoms with Gasteiger partial charge in [-0.3, -0.25) is 0 Å². The molecule has 0 aromatic heterocycles. The molecule has 0 radical (unpaired) electrons. The van der Waals surface area contributed by atoms with Crippen molar-refractivity contribution in [3.8, 4) is 0 Å².